The van der Waals surface area contributed by atoms with Crippen molar-refractivity contribution in [3.05, 3.63) is 22.8 Å². The predicted octanol–water partition coefficient (Wildman–Crippen LogP) is 3.95. The first kappa shape index (κ1) is 20.7. The first-order valence-corrected chi connectivity index (χ1v) is 8.96. The van der Waals surface area contributed by atoms with Crippen LogP contribution in [0.2, 0.25) is 0 Å². The molecule has 1 aliphatic rings. The normalized spacial score (nSPS) is 24.0. The quantitative estimate of drug-likeness (QED) is 0.572. The van der Waals surface area contributed by atoms with Crippen molar-refractivity contribution in [1.82, 2.24) is 0 Å². The van der Waals surface area contributed by atoms with Crippen LogP contribution in [0.25, 0.3) is 0 Å². The molecule has 3 nitrogen and oxygen atoms in total. The van der Waals surface area contributed by atoms with Gasteiger partial charge in [-0.2, -0.15) is 0 Å². The number of rotatable bonds is 6. The lowest BCUT2D eigenvalue weighted by Gasteiger charge is -2.44. The molecule has 0 amide bonds. The van der Waals surface area contributed by atoms with Crippen molar-refractivity contribution in [3.8, 4) is 11.8 Å². The summed E-state index contributed by atoms with van der Waals surface area (Å²) in [4.78, 5) is 12.6. The number of aliphatic hydroxyl groups excluding tert-OH is 1. The average Bonchev–Trinajstić information content (AvgIpc) is 2.50. The summed E-state index contributed by atoms with van der Waals surface area (Å²) in [5.74, 6) is 6.08. The third kappa shape index (κ3) is 4.59. The van der Waals surface area contributed by atoms with Gasteiger partial charge in [0.25, 0.3) is 0 Å². The maximum atomic E-state index is 12.6. The topological polar surface area (TPSA) is 57.5 Å². The molecule has 1 atom stereocenters. The van der Waals surface area contributed by atoms with Crippen LogP contribution in [-0.2, 0) is 4.79 Å². The fraction of sp³-hybridized carbons (Fsp3) is 0.667. The summed E-state index contributed by atoms with van der Waals surface area (Å²) in [5, 5.41) is 20.3. The van der Waals surface area contributed by atoms with E-state index < -0.39 is 11.0 Å². The molecule has 0 spiro atoms. The van der Waals surface area contributed by atoms with Gasteiger partial charge in [0.05, 0.1) is 6.61 Å². The van der Waals surface area contributed by atoms with Crippen molar-refractivity contribution in [3.63, 3.8) is 0 Å². The van der Waals surface area contributed by atoms with E-state index in [0.717, 1.165) is 36.8 Å². The number of hydrogen-bond acceptors (Lipinski definition) is 3. The lowest BCUT2D eigenvalue weighted by atomic mass is 9.62. The molecule has 0 saturated carbocycles. The molecular weight excluding hydrogens is 300 g/mol. The lowest BCUT2D eigenvalue weighted by molar-refractivity contribution is -0.122. The van der Waals surface area contributed by atoms with Gasteiger partial charge in [0.2, 0.25) is 0 Å². The zero-order chi connectivity index (χ0) is 18.4. The fourth-order valence-corrected chi connectivity index (χ4v) is 3.27. The van der Waals surface area contributed by atoms with Gasteiger partial charge in [-0.1, -0.05) is 51.9 Å². The molecule has 1 aliphatic carbocycles. The van der Waals surface area contributed by atoms with Crippen LogP contribution in [0.5, 0.6) is 0 Å². The molecule has 0 fully saturated rings. The van der Waals surface area contributed by atoms with E-state index in [1.165, 1.54) is 6.42 Å². The van der Waals surface area contributed by atoms with Crippen molar-refractivity contribution < 1.29 is 15.0 Å². The molecule has 0 saturated heterocycles. The van der Waals surface area contributed by atoms with Crippen molar-refractivity contribution in [1.29, 1.82) is 0 Å². The zero-order valence-electron chi connectivity index (χ0n) is 15.8. The minimum Gasteiger partial charge on any atom is -0.392 e. The van der Waals surface area contributed by atoms with Crippen LogP contribution in [0.4, 0.5) is 0 Å². The Kier molecular flexibility index (Phi) is 7.45. The molecule has 134 valence electrons. The Labute approximate surface area is 146 Å². The Morgan fingerprint density at radius 3 is 2.54 bits per heavy atom. The van der Waals surface area contributed by atoms with E-state index in [1.807, 2.05) is 20.8 Å². The molecule has 3 heteroatoms. The van der Waals surface area contributed by atoms with Gasteiger partial charge < -0.3 is 10.2 Å². The number of Topliss-reactive ketones (excluding diaryl/α,β-unsaturated/α-hetero) is 1. The van der Waals surface area contributed by atoms with E-state index in [0.29, 0.717) is 12.0 Å². The van der Waals surface area contributed by atoms with Crippen LogP contribution < -0.4 is 0 Å². The Morgan fingerprint density at radius 2 is 1.96 bits per heavy atom. The van der Waals surface area contributed by atoms with Crippen LogP contribution in [0.1, 0.15) is 73.1 Å². The summed E-state index contributed by atoms with van der Waals surface area (Å²) in [6.45, 7) is 9.52. The monoisotopic (exact) mass is 332 g/mol. The molecule has 0 bridgehead atoms. The second-order valence-corrected chi connectivity index (χ2v) is 7.43. The molecule has 2 N–H and O–H groups in total. The molecule has 0 aliphatic heterocycles. The van der Waals surface area contributed by atoms with Crippen LogP contribution in [0, 0.1) is 17.3 Å². The van der Waals surface area contributed by atoms with E-state index in [2.05, 4.69) is 18.8 Å². The second-order valence-electron chi connectivity index (χ2n) is 7.43. The highest BCUT2D eigenvalue weighted by molar-refractivity contribution is 5.98. The van der Waals surface area contributed by atoms with Crippen LogP contribution in [0.15, 0.2) is 22.8 Å². The van der Waals surface area contributed by atoms with Gasteiger partial charge in [0.15, 0.2) is 11.4 Å². The minimum absolute atomic E-state index is 0.0711. The Balaban J connectivity index is 3.20. The second kappa shape index (κ2) is 8.65. The molecule has 1 rings (SSSR count). The molecule has 0 aromatic rings. The SMILES string of the molecule is CCCCCCC1=C(C)C(O)(C#CC(C)=CCO)C(C)(C)CC1=O. The predicted molar refractivity (Wildman–Crippen MR) is 98.4 cm³/mol. The number of allylic oxidation sites excluding steroid dienone is 2. The Bertz CT molecular complexity index is 584. The third-order valence-electron chi connectivity index (χ3n) is 5.03. The van der Waals surface area contributed by atoms with Crippen molar-refractivity contribution in [2.24, 2.45) is 5.41 Å². The molecule has 0 radical (unpaired) electrons. The summed E-state index contributed by atoms with van der Waals surface area (Å²) < 4.78 is 0. The number of unbranched alkanes of at least 4 members (excludes halogenated alkanes) is 3. The van der Waals surface area contributed by atoms with Gasteiger partial charge in [-0.05, 0) is 49.5 Å². The highest BCUT2D eigenvalue weighted by Crippen LogP contribution is 2.46. The Morgan fingerprint density at radius 1 is 1.29 bits per heavy atom. The van der Waals surface area contributed by atoms with Crippen molar-refractivity contribution in [2.45, 2.75) is 78.7 Å². The maximum Gasteiger partial charge on any atom is 0.159 e. The average molecular weight is 332 g/mol. The van der Waals surface area contributed by atoms with E-state index in [1.54, 1.807) is 13.0 Å². The summed E-state index contributed by atoms with van der Waals surface area (Å²) in [7, 11) is 0. The molecule has 0 aromatic carbocycles. The number of hydrogen-bond donors (Lipinski definition) is 2. The summed E-state index contributed by atoms with van der Waals surface area (Å²) in [6.07, 6.45) is 7.04. The van der Waals surface area contributed by atoms with Gasteiger partial charge in [-0.3, -0.25) is 4.79 Å². The van der Waals surface area contributed by atoms with Crippen LogP contribution >= 0.6 is 0 Å². The smallest absolute Gasteiger partial charge is 0.159 e. The number of carbonyl (C=O) groups excluding carboxylic acids is 1. The van der Waals surface area contributed by atoms with E-state index >= 15 is 0 Å². The van der Waals surface area contributed by atoms with Crippen molar-refractivity contribution >= 4 is 5.78 Å². The van der Waals surface area contributed by atoms with Gasteiger partial charge in [0.1, 0.15) is 0 Å². The van der Waals surface area contributed by atoms with Crippen molar-refractivity contribution in [2.75, 3.05) is 6.61 Å². The minimum atomic E-state index is -1.31. The fourth-order valence-electron chi connectivity index (χ4n) is 3.27. The van der Waals surface area contributed by atoms with E-state index in [-0.39, 0.29) is 12.4 Å². The molecular formula is C21H32O3. The molecule has 24 heavy (non-hydrogen) atoms. The largest absolute Gasteiger partial charge is 0.392 e. The first-order valence-electron chi connectivity index (χ1n) is 8.96. The van der Waals surface area contributed by atoms with Crippen LogP contribution in [-0.4, -0.2) is 28.2 Å². The summed E-state index contributed by atoms with van der Waals surface area (Å²) in [5.41, 5.74) is 0.227. The Hall–Kier alpha value is -1.37. The van der Waals surface area contributed by atoms with Gasteiger partial charge in [-0.15, -0.1) is 0 Å². The lowest BCUT2D eigenvalue weighted by Crippen LogP contribution is -2.50. The maximum absolute atomic E-state index is 12.6. The van der Waals surface area contributed by atoms with Gasteiger partial charge in [-0.25, -0.2) is 0 Å². The highest BCUT2D eigenvalue weighted by atomic mass is 16.3. The van der Waals surface area contributed by atoms with E-state index in [9.17, 15) is 9.90 Å². The van der Waals surface area contributed by atoms with Gasteiger partial charge >= 0.3 is 0 Å². The molecule has 0 aromatic heterocycles. The van der Waals surface area contributed by atoms with Crippen LogP contribution in [0.3, 0.4) is 0 Å². The van der Waals surface area contributed by atoms with E-state index in [4.69, 9.17) is 5.11 Å². The standard InChI is InChI=1S/C21H32O3/c1-6-7-8-9-10-18-17(3)21(24,13-11-16(2)12-14-22)20(4,5)15-19(18)23/h12,22,24H,6-10,14-15H2,1-5H3. The summed E-state index contributed by atoms with van der Waals surface area (Å²) >= 11 is 0. The first-order chi connectivity index (χ1) is 11.2. The highest BCUT2D eigenvalue weighted by Gasteiger charge is 2.50. The number of aliphatic hydroxyl groups is 2. The number of carbonyl (C=O) groups is 1. The molecule has 0 heterocycles. The number of ketones is 1. The van der Waals surface area contributed by atoms with Gasteiger partial charge in [0, 0.05) is 11.8 Å². The summed E-state index contributed by atoms with van der Waals surface area (Å²) in [6, 6.07) is 0. The third-order valence-corrected chi connectivity index (χ3v) is 5.03. The molecule has 1 unspecified atom stereocenters. The zero-order valence-corrected chi connectivity index (χ0v) is 15.8.